The quantitative estimate of drug-likeness (QED) is 0.814. The third kappa shape index (κ3) is 4.63. The Morgan fingerprint density at radius 3 is 2.43 bits per heavy atom. The van der Waals surface area contributed by atoms with Crippen molar-refractivity contribution in [2.24, 2.45) is 0 Å². The normalized spacial score (nSPS) is 11.7. The average molecular weight is 380 g/mol. The van der Waals surface area contributed by atoms with Gasteiger partial charge in [-0.05, 0) is 60.1 Å². The van der Waals surface area contributed by atoms with E-state index in [1.54, 1.807) is 12.1 Å². The van der Waals surface area contributed by atoms with Crippen LogP contribution in [-0.4, -0.2) is 18.0 Å². The number of nitrogens with one attached hydrogen (secondary N) is 1. The highest BCUT2D eigenvalue weighted by atomic mass is 79.9. The second-order valence-electron chi connectivity index (χ2n) is 5.03. The molecule has 0 saturated carbocycles. The minimum absolute atomic E-state index is 0.154. The van der Waals surface area contributed by atoms with Crippen molar-refractivity contribution in [2.75, 3.05) is 5.32 Å². The number of hydrogen-bond donors (Lipinski definition) is 1. The molecule has 0 fully saturated rings. The molecule has 1 N–H and O–H groups in total. The van der Waals surface area contributed by atoms with Crippen molar-refractivity contribution in [1.82, 2.24) is 0 Å². The van der Waals surface area contributed by atoms with E-state index < -0.39 is 23.8 Å². The number of benzene rings is 2. The lowest BCUT2D eigenvalue weighted by molar-refractivity contribution is -0.123. The molecule has 0 spiro atoms. The second-order valence-corrected chi connectivity index (χ2v) is 5.88. The first-order valence-corrected chi connectivity index (χ1v) is 7.69. The largest absolute Gasteiger partial charge is 0.449 e. The van der Waals surface area contributed by atoms with Crippen LogP contribution in [0.25, 0.3) is 0 Å². The molecule has 4 nitrogen and oxygen atoms in total. The van der Waals surface area contributed by atoms with Gasteiger partial charge in [0.05, 0.1) is 5.56 Å². The summed E-state index contributed by atoms with van der Waals surface area (Å²) in [7, 11) is 0. The Morgan fingerprint density at radius 2 is 1.83 bits per heavy atom. The number of aryl methyl sites for hydroxylation is 1. The summed E-state index contributed by atoms with van der Waals surface area (Å²) in [5.74, 6) is -1.62. The Balaban J connectivity index is 2.00. The SMILES string of the molecule is Cc1ccc(NC(=O)[C@@H](C)OC(=O)c2ccc(F)cc2Br)cc1. The Morgan fingerprint density at radius 1 is 1.17 bits per heavy atom. The van der Waals surface area contributed by atoms with Gasteiger partial charge in [0.15, 0.2) is 6.10 Å². The number of esters is 1. The van der Waals surface area contributed by atoms with E-state index in [1.807, 2.05) is 19.1 Å². The van der Waals surface area contributed by atoms with E-state index in [2.05, 4.69) is 21.2 Å². The highest BCUT2D eigenvalue weighted by Gasteiger charge is 2.20. The molecule has 0 unspecified atom stereocenters. The van der Waals surface area contributed by atoms with Gasteiger partial charge in [0.2, 0.25) is 0 Å². The zero-order chi connectivity index (χ0) is 17.0. The molecule has 0 aliphatic carbocycles. The lowest BCUT2D eigenvalue weighted by Crippen LogP contribution is -2.30. The first-order valence-electron chi connectivity index (χ1n) is 6.90. The maximum atomic E-state index is 13.0. The third-order valence-corrected chi connectivity index (χ3v) is 3.78. The standard InChI is InChI=1S/C17H15BrFNO3/c1-10-3-6-13(7-4-10)20-16(21)11(2)23-17(22)14-8-5-12(19)9-15(14)18/h3-9,11H,1-2H3,(H,20,21)/t11-/m1/s1. The number of halogens is 2. The van der Waals surface area contributed by atoms with Crippen LogP contribution in [0.3, 0.4) is 0 Å². The number of carbonyl (C=O) groups excluding carboxylic acids is 2. The summed E-state index contributed by atoms with van der Waals surface area (Å²) in [6.45, 7) is 3.41. The molecular formula is C17H15BrFNO3. The Labute approximate surface area is 141 Å². The maximum Gasteiger partial charge on any atom is 0.340 e. The molecule has 0 aromatic heterocycles. The Hall–Kier alpha value is -2.21. The monoisotopic (exact) mass is 379 g/mol. The van der Waals surface area contributed by atoms with Crippen LogP contribution >= 0.6 is 15.9 Å². The molecule has 0 radical (unpaired) electrons. The van der Waals surface area contributed by atoms with Gasteiger partial charge in [-0.1, -0.05) is 17.7 Å². The van der Waals surface area contributed by atoms with E-state index in [9.17, 15) is 14.0 Å². The predicted molar refractivity (Wildman–Crippen MR) is 88.8 cm³/mol. The first kappa shape index (κ1) is 17.1. The Bertz CT molecular complexity index is 731. The number of amides is 1. The molecule has 6 heteroatoms. The van der Waals surface area contributed by atoms with Crippen molar-refractivity contribution < 1.29 is 18.7 Å². The fraction of sp³-hybridized carbons (Fsp3) is 0.176. The summed E-state index contributed by atoms with van der Waals surface area (Å²) in [6, 6.07) is 10.9. The molecule has 0 heterocycles. The predicted octanol–water partition coefficient (Wildman–Crippen LogP) is 4.08. The van der Waals surface area contributed by atoms with Gasteiger partial charge in [-0.3, -0.25) is 4.79 Å². The molecule has 0 bridgehead atoms. The van der Waals surface area contributed by atoms with Crippen LogP contribution in [0, 0.1) is 12.7 Å². The number of hydrogen-bond acceptors (Lipinski definition) is 3. The average Bonchev–Trinajstić information content (AvgIpc) is 2.49. The molecule has 2 rings (SSSR count). The minimum atomic E-state index is -0.985. The number of carbonyl (C=O) groups is 2. The van der Waals surface area contributed by atoms with Crippen LogP contribution in [0.5, 0.6) is 0 Å². The summed E-state index contributed by atoms with van der Waals surface area (Å²) in [5.41, 5.74) is 1.84. The fourth-order valence-corrected chi connectivity index (χ4v) is 2.33. The van der Waals surface area contributed by atoms with Crippen LogP contribution < -0.4 is 5.32 Å². The highest BCUT2D eigenvalue weighted by Crippen LogP contribution is 2.19. The summed E-state index contributed by atoms with van der Waals surface area (Å²) in [5, 5.41) is 2.66. The molecule has 1 atom stereocenters. The second kappa shape index (κ2) is 7.37. The lowest BCUT2D eigenvalue weighted by atomic mass is 10.2. The summed E-state index contributed by atoms with van der Waals surface area (Å²) >= 11 is 3.09. The van der Waals surface area contributed by atoms with Crippen molar-refractivity contribution >= 4 is 33.5 Å². The number of ether oxygens (including phenoxy) is 1. The van der Waals surface area contributed by atoms with E-state index in [0.717, 1.165) is 17.7 Å². The van der Waals surface area contributed by atoms with Gasteiger partial charge in [0.1, 0.15) is 5.82 Å². The van der Waals surface area contributed by atoms with E-state index in [0.29, 0.717) is 5.69 Å². The van der Waals surface area contributed by atoms with Crippen molar-refractivity contribution in [3.63, 3.8) is 0 Å². The summed E-state index contributed by atoms with van der Waals surface area (Å²) < 4.78 is 18.4. The van der Waals surface area contributed by atoms with E-state index >= 15 is 0 Å². The smallest absolute Gasteiger partial charge is 0.340 e. The van der Waals surface area contributed by atoms with Gasteiger partial charge in [-0.2, -0.15) is 0 Å². The number of rotatable bonds is 4. The van der Waals surface area contributed by atoms with Gasteiger partial charge in [0, 0.05) is 10.2 Å². The number of anilines is 1. The van der Waals surface area contributed by atoms with Gasteiger partial charge >= 0.3 is 5.97 Å². The van der Waals surface area contributed by atoms with Crippen molar-refractivity contribution in [1.29, 1.82) is 0 Å². The fourth-order valence-electron chi connectivity index (χ4n) is 1.81. The van der Waals surface area contributed by atoms with Gasteiger partial charge in [-0.25, -0.2) is 9.18 Å². The highest BCUT2D eigenvalue weighted by molar-refractivity contribution is 9.10. The van der Waals surface area contributed by atoms with Crippen LogP contribution in [0.15, 0.2) is 46.9 Å². The molecule has 2 aromatic rings. The minimum Gasteiger partial charge on any atom is -0.449 e. The van der Waals surface area contributed by atoms with Gasteiger partial charge < -0.3 is 10.1 Å². The first-order chi connectivity index (χ1) is 10.9. The summed E-state index contributed by atoms with van der Waals surface area (Å²) in [6.07, 6.45) is -0.985. The van der Waals surface area contributed by atoms with E-state index in [-0.39, 0.29) is 10.0 Å². The van der Waals surface area contributed by atoms with Crippen LogP contribution in [-0.2, 0) is 9.53 Å². The van der Waals surface area contributed by atoms with Crippen LogP contribution in [0.1, 0.15) is 22.8 Å². The maximum absolute atomic E-state index is 13.0. The molecular weight excluding hydrogens is 365 g/mol. The topological polar surface area (TPSA) is 55.4 Å². The Kier molecular flexibility index (Phi) is 5.50. The van der Waals surface area contributed by atoms with E-state index in [1.165, 1.54) is 13.0 Å². The van der Waals surface area contributed by atoms with Crippen LogP contribution in [0.2, 0.25) is 0 Å². The van der Waals surface area contributed by atoms with Crippen molar-refractivity contribution in [3.8, 4) is 0 Å². The van der Waals surface area contributed by atoms with Gasteiger partial charge in [-0.15, -0.1) is 0 Å². The third-order valence-electron chi connectivity index (χ3n) is 3.12. The van der Waals surface area contributed by atoms with Crippen molar-refractivity contribution in [2.45, 2.75) is 20.0 Å². The zero-order valence-electron chi connectivity index (χ0n) is 12.6. The van der Waals surface area contributed by atoms with Crippen molar-refractivity contribution in [3.05, 3.63) is 63.9 Å². The van der Waals surface area contributed by atoms with Crippen LogP contribution in [0.4, 0.5) is 10.1 Å². The molecule has 23 heavy (non-hydrogen) atoms. The molecule has 2 aromatic carbocycles. The molecule has 0 aliphatic rings. The summed E-state index contributed by atoms with van der Waals surface area (Å²) in [4.78, 5) is 24.1. The lowest BCUT2D eigenvalue weighted by Gasteiger charge is -2.14. The molecule has 1 amide bonds. The molecule has 0 saturated heterocycles. The van der Waals surface area contributed by atoms with E-state index in [4.69, 9.17) is 4.74 Å². The van der Waals surface area contributed by atoms with Gasteiger partial charge in [0.25, 0.3) is 5.91 Å². The zero-order valence-corrected chi connectivity index (χ0v) is 14.2. The molecule has 0 aliphatic heterocycles. The molecule has 120 valence electrons.